The van der Waals surface area contributed by atoms with Crippen molar-refractivity contribution in [1.29, 1.82) is 0 Å². The lowest BCUT2D eigenvalue weighted by Gasteiger charge is -2.09. The minimum Gasteiger partial charge on any atom is -0.396 e. The molecule has 0 aromatic heterocycles. The average Bonchev–Trinajstić information content (AvgIpc) is 2.56. The van der Waals surface area contributed by atoms with Gasteiger partial charge in [0.1, 0.15) is 0 Å². The van der Waals surface area contributed by atoms with Crippen LogP contribution in [0.3, 0.4) is 0 Å². The highest BCUT2D eigenvalue weighted by Crippen LogP contribution is 2.11. The van der Waals surface area contributed by atoms with Crippen LogP contribution >= 0.6 is 0 Å². The van der Waals surface area contributed by atoms with Gasteiger partial charge in [-0.3, -0.25) is 0 Å². The molecule has 0 rings (SSSR count). The molecule has 1 atom stereocenters. The van der Waals surface area contributed by atoms with Gasteiger partial charge in [-0.2, -0.15) is 0 Å². The molecule has 0 saturated heterocycles. The lowest BCUT2D eigenvalue weighted by atomic mass is 10.0. The van der Waals surface area contributed by atoms with Crippen molar-refractivity contribution in [3.63, 3.8) is 0 Å². The van der Waals surface area contributed by atoms with Gasteiger partial charge in [-0.25, -0.2) is 0 Å². The predicted octanol–water partition coefficient (Wildman–Crippen LogP) is 6.12. The Morgan fingerprint density at radius 2 is 1.17 bits per heavy atom. The van der Waals surface area contributed by atoms with E-state index in [0.717, 1.165) is 19.3 Å². The summed E-state index contributed by atoms with van der Waals surface area (Å²) in [7, 11) is 0. The van der Waals surface area contributed by atoms with Gasteiger partial charge in [0.2, 0.25) is 0 Å². The third-order valence-electron chi connectivity index (χ3n) is 4.57. The van der Waals surface area contributed by atoms with Crippen molar-refractivity contribution >= 4 is 0 Å². The van der Waals surface area contributed by atoms with Crippen LogP contribution in [0.4, 0.5) is 0 Å². The zero-order chi connectivity index (χ0) is 17.0. The highest BCUT2D eigenvalue weighted by atomic mass is 16.2. The summed E-state index contributed by atoms with van der Waals surface area (Å²) < 4.78 is 0. The maximum Gasteiger partial charge on any atom is 0.0431 e. The summed E-state index contributed by atoms with van der Waals surface area (Å²) >= 11 is 0. The van der Waals surface area contributed by atoms with E-state index in [2.05, 4.69) is 19.1 Å². The van der Waals surface area contributed by atoms with Crippen LogP contribution in [0.25, 0.3) is 0 Å². The molecule has 0 aromatic carbocycles. The molecule has 0 amide bonds. The van der Waals surface area contributed by atoms with E-state index in [4.69, 9.17) is 10.8 Å². The smallest absolute Gasteiger partial charge is 0.0431 e. The Labute approximate surface area is 145 Å². The molecular formula is C21H43NO. The Balaban J connectivity index is 3.13. The predicted molar refractivity (Wildman–Crippen MR) is 104 cm³/mol. The molecule has 0 heterocycles. The first-order valence-corrected chi connectivity index (χ1v) is 10.3. The van der Waals surface area contributed by atoms with Gasteiger partial charge in [0, 0.05) is 12.6 Å². The largest absolute Gasteiger partial charge is 0.396 e. The number of allylic oxidation sites excluding steroid dienone is 2. The Hall–Kier alpha value is -0.340. The van der Waals surface area contributed by atoms with E-state index < -0.39 is 0 Å². The van der Waals surface area contributed by atoms with Crippen molar-refractivity contribution in [1.82, 2.24) is 0 Å². The first-order valence-electron chi connectivity index (χ1n) is 10.3. The summed E-state index contributed by atoms with van der Waals surface area (Å²) in [5, 5.41) is 8.76. The maximum atomic E-state index is 8.76. The van der Waals surface area contributed by atoms with Crippen LogP contribution in [-0.4, -0.2) is 17.8 Å². The lowest BCUT2D eigenvalue weighted by Crippen LogP contribution is -2.19. The second kappa shape index (κ2) is 19.7. The third-order valence-corrected chi connectivity index (χ3v) is 4.57. The molecule has 0 aliphatic carbocycles. The molecule has 0 aromatic rings. The molecule has 0 aliphatic heterocycles. The van der Waals surface area contributed by atoms with Gasteiger partial charge in [-0.05, 0) is 44.9 Å². The number of aliphatic hydroxyl groups excluding tert-OH is 1. The standard InChI is InChI=1S/C21H43NO/c1-2-3-4-5-6-7-8-9-10-11-12-13-14-15-16-18-21(22)19-17-20-23/h9-10,21,23H,2-8,11-20,22H2,1H3/b10-9-. The lowest BCUT2D eigenvalue weighted by molar-refractivity contribution is 0.278. The summed E-state index contributed by atoms with van der Waals surface area (Å²) in [5.74, 6) is 0. The molecule has 2 heteroatoms. The number of aliphatic hydroxyl groups is 1. The Morgan fingerprint density at radius 1 is 0.696 bits per heavy atom. The van der Waals surface area contributed by atoms with Gasteiger partial charge in [0.05, 0.1) is 0 Å². The van der Waals surface area contributed by atoms with Gasteiger partial charge in [0.15, 0.2) is 0 Å². The molecule has 0 saturated carbocycles. The Morgan fingerprint density at radius 3 is 1.74 bits per heavy atom. The van der Waals surface area contributed by atoms with E-state index in [0.29, 0.717) is 6.04 Å². The molecule has 0 bridgehead atoms. The van der Waals surface area contributed by atoms with E-state index in [-0.39, 0.29) is 6.61 Å². The van der Waals surface area contributed by atoms with Crippen molar-refractivity contribution in [2.24, 2.45) is 5.73 Å². The topological polar surface area (TPSA) is 46.2 Å². The molecule has 3 N–H and O–H groups in total. The number of nitrogens with two attached hydrogens (primary N) is 1. The molecule has 0 fully saturated rings. The minimum atomic E-state index is 0.278. The van der Waals surface area contributed by atoms with Crippen LogP contribution in [-0.2, 0) is 0 Å². The quantitative estimate of drug-likeness (QED) is 0.235. The van der Waals surface area contributed by atoms with Crippen molar-refractivity contribution in [2.45, 2.75) is 116 Å². The minimum absolute atomic E-state index is 0.278. The van der Waals surface area contributed by atoms with Crippen LogP contribution in [0.1, 0.15) is 110 Å². The van der Waals surface area contributed by atoms with Gasteiger partial charge in [0.25, 0.3) is 0 Å². The van der Waals surface area contributed by atoms with Crippen LogP contribution in [0.15, 0.2) is 12.2 Å². The Kier molecular flexibility index (Phi) is 19.4. The molecule has 0 spiro atoms. The fourth-order valence-corrected chi connectivity index (χ4v) is 2.98. The molecule has 0 radical (unpaired) electrons. The zero-order valence-corrected chi connectivity index (χ0v) is 15.8. The van der Waals surface area contributed by atoms with Gasteiger partial charge in [-0.15, -0.1) is 0 Å². The Bertz CT molecular complexity index is 240. The van der Waals surface area contributed by atoms with E-state index in [1.54, 1.807) is 0 Å². The van der Waals surface area contributed by atoms with Crippen LogP contribution in [0.5, 0.6) is 0 Å². The van der Waals surface area contributed by atoms with Gasteiger partial charge in [-0.1, -0.05) is 76.9 Å². The first-order chi connectivity index (χ1) is 11.3. The highest BCUT2D eigenvalue weighted by molar-refractivity contribution is 4.81. The number of rotatable bonds is 18. The average molecular weight is 326 g/mol. The molecule has 1 unspecified atom stereocenters. The summed E-state index contributed by atoms with van der Waals surface area (Å²) in [4.78, 5) is 0. The fourth-order valence-electron chi connectivity index (χ4n) is 2.98. The normalized spacial score (nSPS) is 13.0. The molecule has 138 valence electrons. The SMILES string of the molecule is CCCCCCCC/C=C\CCCCCCCC(N)CCCO. The fraction of sp³-hybridized carbons (Fsp3) is 0.905. The van der Waals surface area contributed by atoms with E-state index in [9.17, 15) is 0 Å². The second-order valence-electron chi connectivity index (χ2n) is 7.00. The van der Waals surface area contributed by atoms with Crippen LogP contribution < -0.4 is 5.73 Å². The molecule has 23 heavy (non-hydrogen) atoms. The number of hydrogen-bond acceptors (Lipinski definition) is 2. The highest BCUT2D eigenvalue weighted by Gasteiger charge is 2.01. The molecule has 0 aliphatic rings. The van der Waals surface area contributed by atoms with Crippen molar-refractivity contribution in [3.05, 3.63) is 12.2 Å². The summed E-state index contributed by atoms with van der Waals surface area (Å²) in [6, 6.07) is 0.298. The van der Waals surface area contributed by atoms with E-state index in [1.807, 2.05) is 0 Å². The molecule has 2 nitrogen and oxygen atoms in total. The summed E-state index contributed by atoms with van der Waals surface area (Å²) in [6.45, 7) is 2.55. The first kappa shape index (κ1) is 22.7. The zero-order valence-electron chi connectivity index (χ0n) is 15.8. The summed E-state index contributed by atoms with van der Waals surface area (Å²) in [5.41, 5.74) is 5.99. The summed E-state index contributed by atoms with van der Waals surface area (Å²) in [6.07, 6.45) is 25.2. The second-order valence-corrected chi connectivity index (χ2v) is 7.00. The van der Waals surface area contributed by atoms with Crippen molar-refractivity contribution in [2.75, 3.05) is 6.61 Å². The van der Waals surface area contributed by atoms with Crippen LogP contribution in [0, 0.1) is 0 Å². The van der Waals surface area contributed by atoms with Gasteiger partial charge >= 0.3 is 0 Å². The van der Waals surface area contributed by atoms with Gasteiger partial charge < -0.3 is 10.8 Å². The van der Waals surface area contributed by atoms with E-state index in [1.165, 1.54) is 83.5 Å². The monoisotopic (exact) mass is 325 g/mol. The number of hydrogen-bond donors (Lipinski definition) is 2. The van der Waals surface area contributed by atoms with Crippen molar-refractivity contribution < 1.29 is 5.11 Å². The van der Waals surface area contributed by atoms with E-state index >= 15 is 0 Å². The maximum absolute atomic E-state index is 8.76. The van der Waals surface area contributed by atoms with Crippen LogP contribution in [0.2, 0.25) is 0 Å². The third kappa shape index (κ3) is 19.6. The molecular weight excluding hydrogens is 282 g/mol. The van der Waals surface area contributed by atoms with Crippen molar-refractivity contribution in [3.8, 4) is 0 Å². The number of unbranched alkanes of at least 4 members (excludes halogenated alkanes) is 11.